The van der Waals surface area contributed by atoms with Crippen molar-refractivity contribution in [2.45, 2.75) is 53.4 Å². The smallest absolute Gasteiger partial charge is 0.345 e. The lowest BCUT2D eigenvalue weighted by atomic mass is 9.81. The Bertz CT molecular complexity index is 1070. The lowest BCUT2D eigenvalue weighted by Gasteiger charge is -2.36. The number of esters is 1. The third-order valence-electron chi connectivity index (χ3n) is 5.70. The minimum Gasteiger partial charge on any atom is -0.481 e. The molecule has 0 heterocycles. The first-order chi connectivity index (χ1) is 15.5. The van der Waals surface area contributed by atoms with E-state index >= 15 is 0 Å². The molecule has 3 nitrogen and oxygen atoms in total. The van der Waals surface area contributed by atoms with Gasteiger partial charge >= 0.3 is 5.97 Å². The van der Waals surface area contributed by atoms with E-state index in [1.165, 1.54) is 14.7 Å². The van der Waals surface area contributed by atoms with E-state index in [4.69, 9.17) is 15.9 Å². The van der Waals surface area contributed by atoms with Crippen molar-refractivity contribution < 1.29 is 14.3 Å². The van der Waals surface area contributed by atoms with Crippen LogP contribution in [-0.2, 0) is 20.4 Å². The van der Waals surface area contributed by atoms with E-state index in [-0.39, 0.29) is 17.5 Å². The van der Waals surface area contributed by atoms with Gasteiger partial charge in [0.1, 0.15) is 5.75 Å². The number of hydrogen-bond acceptors (Lipinski definition) is 3. The van der Waals surface area contributed by atoms with Crippen LogP contribution >= 0.6 is 0 Å². The average Bonchev–Trinajstić information content (AvgIpc) is 2.77. The van der Waals surface area contributed by atoms with Gasteiger partial charge in [0, 0.05) is 12.1 Å². The maximum atomic E-state index is 12.3. The third-order valence-corrected chi connectivity index (χ3v) is 7.89. The predicted molar refractivity (Wildman–Crippen MR) is 128 cm³/mol. The molecule has 3 aromatic rings. The van der Waals surface area contributed by atoms with Gasteiger partial charge in [-0.05, 0) is 68.5 Å². The molecule has 0 N–H and O–H groups in total. The van der Waals surface area contributed by atoms with Gasteiger partial charge in [-0.2, -0.15) is 0 Å². The molecule has 1 saturated carbocycles. The summed E-state index contributed by atoms with van der Waals surface area (Å²) in [5.41, 5.74) is 1.26. The minimum absolute atomic E-state index is 0.145. The molecule has 0 amide bonds. The van der Waals surface area contributed by atoms with Crippen molar-refractivity contribution in [1.82, 2.24) is 0 Å². The second-order valence-electron chi connectivity index (χ2n) is 8.07. The molecule has 4 heteroatoms. The van der Waals surface area contributed by atoms with Crippen LogP contribution in [0, 0.1) is 26.2 Å². The van der Waals surface area contributed by atoms with Crippen LogP contribution in [0.25, 0.3) is 0 Å². The van der Waals surface area contributed by atoms with Crippen molar-refractivity contribution in [1.29, 1.82) is 0 Å². The number of ether oxygens (including phenoxy) is 2. The SMILES string of the molecule is C#CC1(OC(=O)COc2c(C)cc([S+](c3ccccc3)c3ccccc3)cc2C)CCC1. The topological polar surface area (TPSA) is 35.5 Å². The second-order valence-corrected chi connectivity index (χ2v) is 10.1. The van der Waals surface area contributed by atoms with Crippen LogP contribution < -0.4 is 4.74 Å². The van der Waals surface area contributed by atoms with Gasteiger partial charge < -0.3 is 9.47 Å². The van der Waals surface area contributed by atoms with Crippen LogP contribution in [0.5, 0.6) is 5.75 Å². The maximum absolute atomic E-state index is 12.3. The van der Waals surface area contributed by atoms with Crippen LogP contribution in [0.1, 0.15) is 30.4 Å². The van der Waals surface area contributed by atoms with E-state index in [9.17, 15) is 4.79 Å². The summed E-state index contributed by atoms with van der Waals surface area (Å²) in [5, 5.41) is 0. The Balaban J connectivity index is 1.57. The number of terminal acetylenes is 1. The van der Waals surface area contributed by atoms with Gasteiger partial charge in [-0.3, -0.25) is 0 Å². The summed E-state index contributed by atoms with van der Waals surface area (Å²) in [6, 6.07) is 25.4. The summed E-state index contributed by atoms with van der Waals surface area (Å²) < 4.78 is 11.4. The van der Waals surface area contributed by atoms with E-state index in [1.807, 2.05) is 26.0 Å². The van der Waals surface area contributed by atoms with E-state index in [2.05, 4.69) is 66.6 Å². The Morgan fingerprint density at radius 3 is 1.91 bits per heavy atom. The van der Waals surface area contributed by atoms with Crippen molar-refractivity contribution in [2.24, 2.45) is 0 Å². The number of carbonyl (C=O) groups excluding carboxylic acids is 1. The summed E-state index contributed by atoms with van der Waals surface area (Å²) in [5.74, 6) is 2.92. The van der Waals surface area contributed by atoms with Crippen LogP contribution in [0.15, 0.2) is 87.5 Å². The van der Waals surface area contributed by atoms with Gasteiger partial charge in [-0.15, -0.1) is 6.42 Å². The number of benzene rings is 3. The quantitative estimate of drug-likeness (QED) is 0.260. The third kappa shape index (κ3) is 4.69. The summed E-state index contributed by atoms with van der Waals surface area (Å²) >= 11 is 0. The first-order valence-corrected chi connectivity index (χ1v) is 12.0. The molecule has 0 spiro atoms. The van der Waals surface area contributed by atoms with Gasteiger partial charge in [0.15, 0.2) is 26.9 Å². The molecule has 3 aromatic carbocycles. The Hall–Kier alpha value is -3.16. The van der Waals surface area contributed by atoms with Gasteiger partial charge in [0.25, 0.3) is 0 Å². The first-order valence-electron chi connectivity index (χ1n) is 10.8. The number of carbonyl (C=O) groups is 1. The summed E-state index contributed by atoms with van der Waals surface area (Å²) in [7, 11) is -0.234. The van der Waals surface area contributed by atoms with Gasteiger partial charge in [-0.1, -0.05) is 42.3 Å². The highest BCUT2D eigenvalue weighted by Crippen LogP contribution is 2.36. The zero-order valence-electron chi connectivity index (χ0n) is 18.5. The van der Waals surface area contributed by atoms with Crippen molar-refractivity contribution in [2.75, 3.05) is 6.61 Å². The van der Waals surface area contributed by atoms with E-state index < -0.39 is 11.6 Å². The Kier molecular flexibility index (Phi) is 6.58. The lowest BCUT2D eigenvalue weighted by molar-refractivity contribution is -0.163. The van der Waals surface area contributed by atoms with E-state index in [0.29, 0.717) is 0 Å². The molecule has 0 saturated heterocycles. The molecule has 0 unspecified atom stereocenters. The maximum Gasteiger partial charge on any atom is 0.345 e. The van der Waals surface area contributed by atoms with Crippen molar-refractivity contribution in [3.63, 3.8) is 0 Å². The van der Waals surface area contributed by atoms with Crippen molar-refractivity contribution in [3.05, 3.63) is 83.9 Å². The molecule has 0 atom stereocenters. The number of aryl methyl sites for hydroxylation is 2. The molecular weight excluding hydrogens is 416 g/mol. The van der Waals surface area contributed by atoms with E-state index in [1.54, 1.807) is 0 Å². The minimum atomic E-state index is -0.728. The van der Waals surface area contributed by atoms with Crippen molar-refractivity contribution in [3.8, 4) is 18.1 Å². The Morgan fingerprint density at radius 2 is 1.47 bits per heavy atom. The standard InChI is InChI=1S/C28H27O3S/c1-4-28(16-11-17-28)31-26(29)20-30-27-21(2)18-25(19-22(27)3)32(23-12-7-5-8-13-23)24-14-9-6-10-15-24/h1,5-10,12-15,18-19H,11,16-17,20H2,2-3H3/q+1. The molecule has 162 valence electrons. The Morgan fingerprint density at radius 1 is 0.938 bits per heavy atom. The summed E-state index contributed by atoms with van der Waals surface area (Å²) in [4.78, 5) is 16.0. The molecule has 0 aromatic heterocycles. The molecule has 4 rings (SSSR count). The molecule has 1 aliphatic carbocycles. The van der Waals surface area contributed by atoms with Gasteiger partial charge in [0.05, 0.1) is 10.9 Å². The predicted octanol–water partition coefficient (Wildman–Crippen LogP) is 5.88. The molecule has 32 heavy (non-hydrogen) atoms. The summed E-state index contributed by atoms with van der Waals surface area (Å²) in [6.45, 7) is 3.89. The van der Waals surface area contributed by atoms with Crippen molar-refractivity contribution >= 4 is 16.9 Å². The molecular formula is C28H27O3S+. The molecule has 0 aliphatic heterocycles. The van der Waals surface area contributed by atoms with Gasteiger partial charge in [0.2, 0.25) is 0 Å². The number of rotatable bonds is 7. The highest BCUT2D eigenvalue weighted by atomic mass is 32.2. The fraction of sp³-hybridized carbons (Fsp3) is 0.250. The molecule has 0 bridgehead atoms. The molecule has 1 aliphatic rings. The number of hydrogen-bond donors (Lipinski definition) is 0. The average molecular weight is 444 g/mol. The van der Waals surface area contributed by atoms with Crippen LogP contribution in [0.4, 0.5) is 0 Å². The molecule has 0 radical (unpaired) electrons. The monoisotopic (exact) mass is 443 g/mol. The lowest BCUT2D eigenvalue weighted by Crippen LogP contribution is -2.41. The first kappa shape index (κ1) is 22.0. The normalized spacial score (nSPS) is 14.3. The van der Waals surface area contributed by atoms with E-state index in [0.717, 1.165) is 36.1 Å². The van der Waals surface area contributed by atoms with Crippen LogP contribution in [-0.4, -0.2) is 18.2 Å². The fourth-order valence-electron chi connectivity index (χ4n) is 3.93. The highest BCUT2D eigenvalue weighted by molar-refractivity contribution is 7.97. The van der Waals surface area contributed by atoms with Gasteiger partial charge in [-0.25, -0.2) is 4.79 Å². The fourth-order valence-corrected chi connectivity index (χ4v) is 6.19. The second kappa shape index (κ2) is 9.54. The van der Waals surface area contributed by atoms with Crippen LogP contribution in [0.2, 0.25) is 0 Å². The van der Waals surface area contributed by atoms with Crippen LogP contribution in [0.3, 0.4) is 0 Å². The largest absolute Gasteiger partial charge is 0.481 e. The highest BCUT2D eigenvalue weighted by Gasteiger charge is 2.39. The zero-order valence-corrected chi connectivity index (χ0v) is 19.3. The zero-order chi connectivity index (χ0) is 22.6. The Labute approximate surface area is 193 Å². The summed E-state index contributed by atoms with van der Waals surface area (Å²) in [6.07, 6.45) is 7.99. The molecule has 1 fully saturated rings.